The molecule has 7 nitrogen and oxygen atoms in total. The third-order valence-electron chi connectivity index (χ3n) is 4.45. The van der Waals surface area contributed by atoms with E-state index in [9.17, 15) is 27.9 Å². The van der Waals surface area contributed by atoms with Crippen molar-refractivity contribution in [2.24, 2.45) is 5.41 Å². The Morgan fingerprint density at radius 3 is 2.58 bits per heavy atom. The van der Waals surface area contributed by atoms with Gasteiger partial charge in [0.25, 0.3) is 5.91 Å². The van der Waals surface area contributed by atoms with Crippen LogP contribution in [0, 0.1) is 5.41 Å². The Morgan fingerprint density at radius 2 is 1.96 bits per heavy atom. The number of carboxylic acids is 1. The van der Waals surface area contributed by atoms with Crippen molar-refractivity contribution in [2.75, 3.05) is 13.1 Å². The molecule has 1 N–H and O–H groups in total. The topological polar surface area (TPSA) is 88.3 Å². The number of aromatic nitrogens is 3. The third-order valence-corrected chi connectivity index (χ3v) is 4.45. The summed E-state index contributed by atoms with van der Waals surface area (Å²) in [7, 11) is 0. The number of benzene rings is 1. The standard InChI is InChI=1S/C16H15F3N4O3/c1-15(14(25)26)6-7-22(9-15)13(24)11-8-23(21-20-11)12-5-3-2-4-10(12)16(17,18)19/h2-5,8H,6-7,9H2,1H3,(H,25,26). The zero-order chi connectivity index (χ0) is 19.1. The van der Waals surface area contributed by atoms with Crippen LogP contribution >= 0.6 is 0 Å². The highest BCUT2D eigenvalue weighted by Crippen LogP contribution is 2.34. The first-order valence-electron chi connectivity index (χ1n) is 7.73. The maximum Gasteiger partial charge on any atom is 0.418 e. The van der Waals surface area contributed by atoms with Crippen LogP contribution in [0.25, 0.3) is 5.69 Å². The van der Waals surface area contributed by atoms with Crippen LogP contribution < -0.4 is 0 Å². The molecule has 0 bridgehead atoms. The summed E-state index contributed by atoms with van der Waals surface area (Å²) in [4.78, 5) is 25.1. The van der Waals surface area contributed by atoms with Crippen molar-refractivity contribution < 1.29 is 27.9 Å². The first kappa shape index (κ1) is 17.9. The molecule has 1 saturated heterocycles. The van der Waals surface area contributed by atoms with Crippen molar-refractivity contribution in [1.29, 1.82) is 0 Å². The highest BCUT2D eigenvalue weighted by molar-refractivity contribution is 5.93. The molecule has 0 aliphatic carbocycles. The number of carbonyl (C=O) groups excluding carboxylic acids is 1. The normalized spacial score (nSPS) is 20.4. The second kappa shape index (κ2) is 6.11. The van der Waals surface area contributed by atoms with Gasteiger partial charge in [-0.15, -0.1) is 5.10 Å². The minimum atomic E-state index is -4.58. The van der Waals surface area contributed by atoms with E-state index in [1.165, 1.54) is 23.1 Å². The lowest BCUT2D eigenvalue weighted by molar-refractivity contribution is -0.147. The molecule has 2 heterocycles. The summed E-state index contributed by atoms with van der Waals surface area (Å²) < 4.78 is 40.2. The molecule has 1 amide bonds. The van der Waals surface area contributed by atoms with E-state index in [1.807, 2.05) is 0 Å². The summed E-state index contributed by atoms with van der Waals surface area (Å²) in [6.07, 6.45) is -3.17. The largest absolute Gasteiger partial charge is 0.481 e. The molecule has 0 radical (unpaired) electrons. The van der Waals surface area contributed by atoms with E-state index in [0.717, 1.165) is 16.9 Å². The zero-order valence-electron chi connectivity index (χ0n) is 13.7. The second-order valence-electron chi connectivity index (χ2n) is 6.41. The van der Waals surface area contributed by atoms with Gasteiger partial charge in [0.05, 0.1) is 22.9 Å². The second-order valence-corrected chi connectivity index (χ2v) is 6.41. The van der Waals surface area contributed by atoms with Gasteiger partial charge in [0, 0.05) is 13.1 Å². The first-order chi connectivity index (χ1) is 12.1. The van der Waals surface area contributed by atoms with E-state index >= 15 is 0 Å². The molecule has 1 atom stereocenters. The molecule has 2 aromatic rings. The molecule has 0 spiro atoms. The zero-order valence-corrected chi connectivity index (χ0v) is 13.7. The number of para-hydroxylation sites is 1. The van der Waals surface area contributed by atoms with Crippen LogP contribution in [0.15, 0.2) is 30.5 Å². The quantitative estimate of drug-likeness (QED) is 0.898. The van der Waals surface area contributed by atoms with E-state index < -0.39 is 29.0 Å². The fourth-order valence-electron chi connectivity index (χ4n) is 2.86. The minimum Gasteiger partial charge on any atom is -0.481 e. The number of likely N-dealkylation sites (tertiary alicyclic amines) is 1. The van der Waals surface area contributed by atoms with E-state index in [0.29, 0.717) is 6.42 Å². The van der Waals surface area contributed by atoms with Gasteiger partial charge in [-0.25, -0.2) is 4.68 Å². The molecule has 1 aromatic heterocycles. The molecular formula is C16H15F3N4O3. The molecular weight excluding hydrogens is 353 g/mol. The maximum atomic E-state index is 13.1. The number of halogens is 3. The fraction of sp³-hybridized carbons (Fsp3) is 0.375. The monoisotopic (exact) mass is 368 g/mol. The highest BCUT2D eigenvalue weighted by Gasteiger charge is 2.43. The van der Waals surface area contributed by atoms with Gasteiger partial charge in [0.2, 0.25) is 0 Å². The van der Waals surface area contributed by atoms with Crippen LogP contribution in [0.4, 0.5) is 13.2 Å². The molecule has 10 heteroatoms. The number of hydrogen-bond acceptors (Lipinski definition) is 4. The molecule has 1 aliphatic rings. The van der Waals surface area contributed by atoms with Crippen LogP contribution in [0.2, 0.25) is 0 Å². The van der Waals surface area contributed by atoms with E-state index in [-0.39, 0.29) is 24.5 Å². The average Bonchev–Trinajstić information content (AvgIpc) is 3.21. The molecule has 26 heavy (non-hydrogen) atoms. The Labute approximate surface area is 146 Å². The number of carboxylic acid groups (broad SMARTS) is 1. The molecule has 1 fully saturated rings. The van der Waals surface area contributed by atoms with Crippen LogP contribution in [0.5, 0.6) is 0 Å². The van der Waals surface area contributed by atoms with E-state index in [4.69, 9.17) is 0 Å². The Bertz CT molecular complexity index is 864. The van der Waals surface area contributed by atoms with E-state index in [1.54, 1.807) is 6.92 Å². The van der Waals surface area contributed by atoms with Gasteiger partial charge in [0.15, 0.2) is 5.69 Å². The van der Waals surface area contributed by atoms with Crippen molar-refractivity contribution >= 4 is 11.9 Å². The van der Waals surface area contributed by atoms with E-state index in [2.05, 4.69) is 10.3 Å². The number of hydrogen-bond donors (Lipinski definition) is 1. The smallest absolute Gasteiger partial charge is 0.418 e. The van der Waals surface area contributed by atoms with Crippen LogP contribution in [0.1, 0.15) is 29.4 Å². The van der Waals surface area contributed by atoms with Crippen LogP contribution in [-0.4, -0.2) is 50.0 Å². The van der Waals surface area contributed by atoms with Crippen molar-refractivity contribution in [3.63, 3.8) is 0 Å². The Kier molecular flexibility index (Phi) is 4.21. The molecule has 1 aliphatic heterocycles. The highest BCUT2D eigenvalue weighted by atomic mass is 19.4. The van der Waals surface area contributed by atoms with Gasteiger partial charge in [0.1, 0.15) is 0 Å². The van der Waals surface area contributed by atoms with Crippen molar-refractivity contribution in [3.05, 3.63) is 41.7 Å². The number of carbonyl (C=O) groups is 2. The number of amides is 1. The summed E-state index contributed by atoms with van der Waals surface area (Å²) >= 11 is 0. The van der Waals surface area contributed by atoms with Gasteiger partial charge in [-0.2, -0.15) is 13.2 Å². The summed E-state index contributed by atoms with van der Waals surface area (Å²) in [5.74, 6) is -1.57. The molecule has 1 unspecified atom stereocenters. The Hall–Kier alpha value is -2.91. The predicted octanol–water partition coefficient (Wildman–Crippen LogP) is 2.22. The predicted molar refractivity (Wildman–Crippen MR) is 82.6 cm³/mol. The summed E-state index contributed by atoms with van der Waals surface area (Å²) in [6.45, 7) is 1.78. The molecule has 138 valence electrons. The SMILES string of the molecule is CC1(C(=O)O)CCN(C(=O)c2cn(-c3ccccc3C(F)(F)F)nn2)C1. The number of nitrogens with zero attached hydrogens (tertiary/aromatic N) is 4. The van der Waals surface area contributed by atoms with Gasteiger partial charge in [-0.3, -0.25) is 9.59 Å². The lowest BCUT2D eigenvalue weighted by atomic mass is 9.90. The number of rotatable bonds is 3. The van der Waals surface area contributed by atoms with Gasteiger partial charge in [-0.05, 0) is 25.5 Å². The van der Waals surface area contributed by atoms with Gasteiger partial charge >= 0.3 is 12.1 Å². The average molecular weight is 368 g/mol. The first-order valence-corrected chi connectivity index (χ1v) is 7.73. The number of alkyl halides is 3. The lowest BCUT2D eigenvalue weighted by Crippen LogP contribution is -2.35. The summed E-state index contributed by atoms with van der Waals surface area (Å²) in [5, 5.41) is 16.5. The molecule has 1 aromatic carbocycles. The number of aliphatic carboxylic acids is 1. The van der Waals surface area contributed by atoms with Gasteiger partial charge in [-0.1, -0.05) is 17.3 Å². The minimum absolute atomic E-state index is 0.00711. The van der Waals surface area contributed by atoms with Crippen molar-refractivity contribution in [3.8, 4) is 5.69 Å². The summed E-state index contributed by atoms with van der Waals surface area (Å²) in [5.41, 5.74) is -2.34. The van der Waals surface area contributed by atoms with Crippen LogP contribution in [-0.2, 0) is 11.0 Å². The van der Waals surface area contributed by atoms with Crippen LogP contribution in [0.3, 0.4) is 0 Å². The Balaban J connectivity index is 1.86. The third kappa shape index (κ3) is 3.14. The maximum absolute atomic E-state index is 13.1. The molecule has 3 rings (SSSR count). The molecule has 0 saturated carbocycles. The van der Waals surface area contributed by atoms with Crippen molar-refractivity contribution in [1.82, 2.24) is 19.9 Å². The van der Waals surface area contributed by atoms with Crippen molar-refractivity contribution in [2.45, 2.75) is 19.5 Å². The fourth-order valence-corrected chi connectivity index (χ4v) is 2.86. The summed E-state index contributed by atoms with van der Waals surface area (Å²) in [6, 6.07) is 4.82. The lowest BCUT2D eigenvalue weighted by Gasteiger charge is -2.19. The Morgan fingerprint density at radius 1 is 1.27 bits per heavy atom. The van der Waals surface area contributed by atoms with Gasteiger partial charge < -0.3 is 10.0 Å².